The average molecular weight is 222 g/mol. The van der Waals surface area contributed by atoms with Crippen LogP contribution in [-0.4, -0.2) is 40.0 Å². The highest BCUT2D eigenvalue weighted by atomic mass is 16.2. The third-order valence-electron chi connectivity index (χ3n) is 3.06. The molecule has 2 N–H and O–H groups in total. The van der Waals surface area contributed by atoms with E-state index in [1.807, 2.05) is 11.9 Å². The van der Waals surface area contributed by atoms with E-state index in [2.05, 4.69) is 4.98 Å². The maximum Gasteiger partial charge on any atom is 0.274 e. The largest absolute Gasteiger partial charge is 0.340 e. The number of piperidine rings is 1. The van der Waals surface area contributed by atoms with Crippen molar-refractivity contribution in [2.75, 3.05) is 19.6 Å². The predicted molar refractivity (Wildman–Crippen MR) is 60.9 cm³/mol. The SMILES string of the molecule is Cn1cnc(C(=O)N2CCCC(CN)C2)c1. The van der Waals surface area contributed by atoms with E-state index >= 15 is 0 Å². The van der Waals surface area contributed by atoms with Crippen molar-refractivity contribution in [2.45, 2.75) is 12.8 Å². The Hall–Kier alpha value is -1.36. The summed E-state index contributed by atoms with van der Waals surface area (Å²) in [6.07, 6.45) is 5.58. The Morgan fingerprint density at radius 1 is 1.69 bits per heavy atom. The van der Waals surface area contributed by atoms with E-state index in [1.165, 1.54) is 0 Å². The van der Waals surface area contributed by atoms with Gasteiger partial charge in [-0.05, 0) is 25.3 Å². The van der Waals surface area contributed by atoms with Crippen molar-refractivity contribution in [3.8, 4) is 0 Å². The van der Waals surface area contributed by atoms with E-state index in [-0.39, 0.29) is 5.91 Å². The van der Waals surface area contributed by atoms with Crippen LogP contribution in [-0.2, 0) is 7.05 Å². The smallest absolute Gasteiger partial charge is 0.274 e. The molecule has 0 bridgehead atoms. The summed E-state index contributed by atoms with van der Waals surface area (Å²) in [5.74, 6) is 0.472. The second kappa shape index (κ2) is 4.65. The Labute approximate surface area is 95.2 Å². The number of likely N-dealkylation sites (tertiary alicyclic amines) is 1. The van der Waals surface area contributed by atoms with E-state index in [0.29, 0.717) is 18.2 Å². The molecule has 0 saturated carbocycles. The average Bonchev–Trinajstić information content (AvgIpc) is 2.75. The number of aryl methyl sites for hydroxylation is 1. The lowest BCUT2D eigenvalue weighted by Crippen LogP contribution is -2.42. The summed E-state index contributed by atoms with van der Waals surface area (Å²) < 4.78 is 1.79. The van der Waals surface area contributed by atoms with Gasteiger partial charge in [-0.25, -0.2) is 4.98 Å². The lowest BCUT2D eigenvalue weighted by Gasteiger charge is -2.31. The summed E-state index contributed by atoms with van der Waals surface area (Å²) in [5.41, 5.74) is 6.18. The fraction of sp³-hybridized carbons (Fsp3) is 0.636. The van der Waals surface area contributed by atoms with Gasteiger partial charge in [0, 0.05) is 26.3 Å². The van der Waals surface area contributed by atoms with Crippen LogP contribution in [0, 0.1) is 5.92 Å². The molecular weight excluding hydrogens is 204 g/mol. The monoisotopic (exact) mass is 222 g/mol. The molecule has 1 atom stereocenters. The van der Waals surface area contributed by atoms with Crippen LogP contribution in [0.2, 0.25) is 0 Å². The zero-order valence-corrected chi connectivity index (χ0v) is 9.59. The number of carbonyl (C=O) groups is 1. The van der Waals surface area contributed by atoms with Crippen LogP contribution in [0.4, 0.5) is 0 Å². The number of rotatable bonds is 2. The van der Waals surface area contributed by atoms with E-state index in [0.717, 1.165) is 25.9 Å². The molecule has 0 radical (unpaired) electrons. The van der Waals surface area contributed by atoms with Crippen LogP contribution in [0.15, 0.2) is 12.5 Å². The van der Waals surface area contributed by atoms with Crippen LogP contribution in [0.5, 0.6) is 0 Å². The first-order valence-corrected chi connectivity index (χ1v) is 5.68. The predicted octanol–water partition coefficient (Wildman–Crippen LogP) is 0.231. The summed E-state index contributed by atoms with van der Waals surface area (Å²) in [5, 5.41) is 0. The second-order valence-corrected chi connectivity index (χ2v) is 4.42. The van der Waals surface area contributed by atoms with Crippen molar-refractivity contribution >= 4 is 5.91 Å². The molecule has 0 aromatic carbocycles. The summed E-state index contributed by atoms with van der Waals surface area (Å²) in [7, 11) is 1.86. The highest BCUT2D eigenvalue weighted by Gasteiger charge is 2.24. The number of amides is 1. The van der Waals surface area contributed by atoms with Gasteiger partial charge in [-0.2, -0.15) is 0 Å². The van der Waals surface area contributed by atoms with Gasteiger partial charge >= 0.3 is 0 Å². The fourth-order valence-corrected chi connectivity index (χ4v) is 2.13. The van der Waals surface area contributed by atoms with Gasteiger partial charge in [-0.1, -0.05) is 0 Å². The van der Waals surface area contributed by atoms with Crippen molar-refractivity contribution in [3.05, 3.63) is 18.2 Å². The minimum absolute atomic E-state index is 0.0266. The lowest BCUT2D eigenvalue weighted by atomic mass is 9.98. The molecule has 1 unspecified atom stereocenters. The molecule has 0 spiro atoms. The standard InChI is InChI=1S/C11H18N4O/c1-14-7-10(13-8-14)11(16)15-4-2-3-9(5-12)6-15/h7-9H,2-6,12H2,1H3. The quantitative estimate of drug-likeness (QED) is 0.779. The third kappa shape index (κ3) is 2.24. The molecule has 5 heteroatoms. The van der Waals surface area contributed by atoms with Gasteiger partial charge < -0.3 is 15.2 Å². The minimum Gasteiger partial charge on any atom is -0.340 e. The molecule has 1 aromatic rings. The maximum atomic E-state index is 12.1. The number of carbonyl (C=O) groups excluding carboxylic acids is 1. The van der Waals surface area contributed by atoms with Crippen LogP contribution in [0.3, 0.4) is 0 Å². The van der Waals surface area contributed by atoms with Crippen LogP contribution in [0.25, 0.3) is 0 Å². The maximum absolute atomic E-state index is 12.1. The first kappa shape index (κ1) is 11.1. The van der Waals surface area contributed by atoms with E-state index in [4.69, 9.17) is 5.73 Å². The Bertz CT molecular complexity index is 374. The number of imidazole rings is 1. The molecule has 2 rings (SSSR count). The molecule has 16 heavy (non-hydrogen) atoms. The zero-order chi connectivity index (χ0) is 11.5. The van der Waals surface area contributed by atoms with Gasteiger partial charge in [-0.15, -0.1) is 0 Å². The topological polar surface area (TPSA) is 64.2 Å². The van der Waals surface area contributed by atoms with Crippen molar-refractivity contribution in [1.82, 2.24) is 14.5 Å². The molecule has 5 nitrogen and oxygen atoms in total. The van der Waals surface area contributed by atoms with Gasteiger partial charge in [0.25, 0.3) is 5.91 Å². The molecule has 88 valence electrons. The third-order valence-corrected chi connectivity index (χ3v) is 3.06. The molecule has 1 aliphatic heterocycles. The molecule has 0 aliphatic carbocycles. The first-order chi connectivity index (χ1) is 7.70. The first-order valence-electron chi connectivity index (χ1n) is 5.68. The summed E-state index contributed by atoms with van der Waals surface area (Å²) in [4.78, 5) is 18.0. The molecule has 1 aliphatic rings. The Kier molecular flexibility index (Phi) is 3.24. The summed E-state index contributed by atoms with van der Waals surface area (Å²) >= 11 is 0. The number of aromatic nitrogens is 2. The van der Waals surface area contributed by atoms with Gasteiger partial charge in [0.15, 0.2) is 0 Å². The molecular formula is C11H18N4O. The van der Waals surface area contributed by atoms with E-state index in [9.17, 15) is 4.79 Å². The van der Waals surface area contributed by atoms with E-state index in [1.54, 1.807) is 17.1 Å². The number of nitrogens with two attached hydrogens (primary N) is 1. The van der Waals surface area contributed by atoms with Crippen molar-refractivity contribution in [1.29, 1.82) is 0 Å². The highest BCUT2D eigenvalue weighted by molar-refractivity contribution is 5.92. The second-order valence-electron chi connectivity index (χ2n) is 4.42. The summed E-state index contributed by atoms with van der Waals surface area (Å²) in [6, 6.07) is 0. The van der Waals surface area contributed by atoms with Crippen molar-refractivity contribution in [3.63, 3.8) is 0 Å². The number of hydrogen-bond acceptors (Lipinski definition) is 3. The molecule has 2 heterocycles. The van der Waals surface area contributed by atoms with Gasteiger partial charge in [-0.3, -0.25) is 4.79 Å². The lowest BCUT2D eigenvalue weighted by molar-refractivity contribution is 0.0672. The fourth-order valence-electron chi connectivity index (χ4n) is 2.13. The molecule has 1 amide bonds. The van der Waals surface area contributed by atoms with Gasteiger partial charge in [0.1, 0.15) is 5.69 Å². The van der Waals surface area contributed by atoms with E-state index < -0.39 is 0 Å². The van der Waals surface area contributed by atoms with Gasteiger partial charge in [0.05, 0.1) is 6.33 Å². The Morgan fingerprint density at radius 2 is 2.50 bits per heavy atom. The van der Waals surface area contributed by atoms with Crippen LogP contribution in [0.1, 0.15) is 23.3 Å². The summed E-state index contributed by atoms with van der Waals surface area (Å²) in [6.45, 7) is 2.25. The highest BCUT2D eigenvalue weighted by Crippen LogP contribution is 2.16. The number of hydrogen-bond donors (Lipinski definition) is 1. The molecule has 1 saturated heterocycles. The Morgan fingerprint density at radius 3 is 3.12 bits per heavy atom. The molecule has 1 fully saturated rings. The molecule has 1 aromatic heterocycles. The van der Waals surface area contributed by atoms with Crippen molar-refractivity contribution < 1.29 is 4.79 Å². The normalized spacial score (nSPS) is 21.1. The van der Waals surface area contributed by atoms with Crippen molar-refractivity contribution in [2.24, 2.45) is 18.7 Å². The van der Waals surface area contributed by atoms with Crippen LogP contribution < -0.4 is 5.73 Å². The minimum atomic E-state index is 0.0266. The van der Waals surface area contributed by atoms with Gasteiger partial charge in [0.2, 0.25) is 0 Å². The Balaban J connectivity index is 2.04. The zero-order valence-electron chi connectivity index (χ0n) is 9.59. The number of nitrogens with zero attached hydrogens (tertiary/aromatic N) is 3. The van der Waals surface area contributed by atoms with Crippen LogP contribution >= 0.6 is 0 Å².